The molecule has 3 aromatic rings. The molecule has 2 heterocycles. The number of carbonyl (C=O) groups is 2. The molecule has 2 aliphatic carbocycles. The van der Waals surface area contributed by atoms with Crippen LogP contribution in [0.5, 0.6) is 11.5 Å². The molecular weight excluding hydrogens is 503 g/mol. The van der Waals surface area contributed by atoms with Gasteiger partial charge < -0.3 is 30.2 Å². The molecule has 0 spiro atoms. The Kier molecular flexibility index (Phi) is 7.74. The smallest absolute Gasteiger partial charge is 0.255 e. The first-order valence-electron chi connectivity index (χ1n) is 13.5. The Hall–Kier alpha value is -3.66. The van der Waals surface area contributed by atoms with E-state index < -0.39 is 11.9 Å². The average molecular weight is 539 g/mol. The largest absolute Gasteiger partial charge is 0.494 e. The molecular formula is C29H35FN4O5. The minimum atomic E-state index is -1.04. The van der Waals surface area contributed by atoms with E-state index in [1.165, 1.54) is 20.1 Å². The summed E-state index contributed by atoms with van der Waals surface area (Å²) < 4.78 is 25.9. The molecule has 0 aliphatic heterocycles. The van der Waals surface area contributed by atoms with Crippen LogP contribution in [0.2, 0.25) is 0 Å². The number of nitrogens with one attached hydrogen (secondary N) is 3. The molecule has 208 valence electrons. The monoisotopic (exact) mass is 538 g/mol. The Morgan fingerprint density at radius 3 is 2.44 bits per heavy atom. The zero-order valence-corrected chi connectivity index (χ0v) is 22.5. The number of aromatic nitrogens is 2. The number of pyridine rings is 1. The SMILES string of the molecule is COc1cc(-c2ccnc3c(C(=O)NC4CCC(NC(=O)[C@H](C)O)CC4)c(C)[nH]c23)c(OCC2CC2)cc1F. The number of H-pyrrole nitrogens is 1. The van der Waals surface area contributed by atoms with Crippen LogP contribution >= 0.6 is 0 Å². The van der Waals surface area contributed by atoms with Crippen molar-refractivity contribution in [1.29, 1.82) is 0 Å². The first-order chi connectivity index (χ1) is 18.7. The van der Waals surface area contributed by atoms with Crippen molar-refractivity contribution in [3.05, 3.63) is 41.5 Å². The third-order valence-electron chi connectivity index (χ3n) is 7.61. The molecule has 5 rings (SSSR count). The lowest BCUT2D eigenvalue weighted by atomic mass is 9.90. The molecule has 0 bridgehead atoms. The summed E-state index contributed by atoms with van der Waals surface area (Å²) >= 11 is 0. The Morgan fingerprint density at radius 2 is 1.79 bits per heavy atom. The summed E-state index contributed by atoms with van der Waals surface area (Å²) in [5.74, 6) is -0.0747. The lowest BCUT2D eigenvalue weighted by Crippen LogP contribution is -2.46. The molecule has 2 fully saturated rings. The van der Waals surface area contributed by atoms with E-state index in [0.29, 0.717) is 71.8 Å². The number of benzene rings is 1. The van der Waals surface area contributed by atoms with Gasteiger partial charge in [0.25, 0.3) is 5.91 Å². The Morgan fingerprint density at radius 1 is 1.10 bits per heavy atom. The van der Waals surface area contributed by atoms with Gasteiger partial charge in [-0.3, -0.25) is 14.6 Å². The highest BCUT2D eigenvalue weighted by molar-refractivity contribution is 6.09. The molecule has 0 radical (unpaired) electrons. The van der Waals surface area contributed by atoms with Crippen LogP contribution in [0.3, 0.4) is 0 Å². The number of hydrogen-bond acceptors (Lipinski definition) is 6. The fourth-order valence-electron chi connectivity index (χ4n) is 5.18. The number of amides is 2. The van der Waals surface area contributed by atoms with Crippen molar-refractivity contribution in [1.82, 2.24) is 20.6 Å². The maximum Gasteiger partial charge on any atom is 0.255 e. The maximum absolute atomic E-state index is 14.6. The van der Waals surface area contributed by atoms with Crippen molar-refractivity contribution in [2.75, 3.05) is 13.7 Å². The van der Waals surface area contributed by atoms with Gasteiger partial charge >= 0.3 is 0 Å². The van der Waals surface area contributed by atoms with Gasteiger partial charge in [0.15, 0.2) is 11.6 Å². The van der Waals surface area contributed by atoms with E-state index in [4.69, 9.17) is 9.47 Å². The number of aliphatic hydroxyl groups excluding tert-OH is 1. The molecule has 39 heavy (non-hydrogen) atoms. The van der Waals surface area contributed by atoms with Gasteiger partial charge in [-0.05, 0) is 70.4 Å². The lowest BCUT2D eigenvalue weighted by Gasteiger charge is -2.30. The van der Waals surface area contributed by atoms with Crippen molar-refractivity contribution < 1.29 is 28.6 Å². The van der Waals surface area contributed by atoms with Crippen molar-refractivity contribution in [3.63, 3.8) is 0 Å². The van der Waals surface area contributed by atoms with Gasteiger partial charge in [-0.15, -0.1) is 0 Å². The van der Waals surface area contributed by atoms with Crippen LogP contribution in [0, 0.1) is 18.7 Å². The quantitative estimate of drug-likeness (QED) is 0.326. The van der Waals surface area contributed by atoms with Gasteiger partial charge in [0.2, 0.25) is 5.91 Å². The van der Waals surface area contributed by atoms with Gasteiger partial charge in [0.1, 0.15) is 17.4 Å². The molecule has 0 unspecified atom stereocenters. The minimum absolute atomic E-state index is 0.0108. The minimum Gasteiger partial charge on any atom is -0.494 e. The Balaban J connectivity index is 1.38. The van der Waals surface area contributed by atoms with Gasteiger partial charge in [-0.25, -0.2) is 4.39 Å². The Labute approximate surface area is 226 Å². The van der Waals surface area contributed by atoms with Crippen molar-refractivity contribution in [2.24, 2.45) is 5.92 Å². The van der Waals surface area contributed by atoms with E-state index in [-0.39, 0.29) is 29.6 Å². The fraction of sp³-hybridized carbons (Fsp3) is 0.483. The summed E-state index contributed by atoms with van der Waals surface area (Å²) in [5.41, 5.74) is 3.72. The lowest BCUT2D eigenvalue weighted by molar-refractivity contribution is -0.129. The summed E-state index contributed by atoms with van der Waals surface area (Å²) in [4.78, 5) is 33.1. The molecule has 2 aliphatic rings. The average Bonchev–Trinajstić information content (AvgIpc) is 3.68. The number of fused-ring (bicyclic) bond motifs is 1. The molecule has 10 heteroatoms. The standard InChI is InChI=1S/C29H35FN4O5/c1-15-25(29(37)34-19-8-6-18(7-9-19)33-28(36)16(2)35)27-26(32-15)20(10-11-31-27)21-12-24(38-3)22(30)13-23(21)39-14-17-4-5-17/h10-13,16-19,32,35H,4-9,14H2,1-3H3,(H,33,36)(H,34,37)/t16-,18?,19?/m0/s1. The van der Waals surface area contributed by atoms with E-state index in [1.54, 1.807) is 12.3 Å². The molecule has 1 aromatic carbocycles. The van der Waals surface area contributed by atoms with E-state index in [0.717, 1.165) is 18.4 Å². The van der Waals surface area contributed by atoms with Crippen LogP contribution in [0.15, 0.2) is 24.4 Å². The second-order valence-corrected chi connectivity index (χ2v) is 10.7. The number of aliphatic hydroxyl groups is 1. The molecule has 9 nitrogen and oxygen atoms in total. The predicted octanol–water partition coefficient (Wildman–Crippen LogP) is 4.01. The van der Waals surface area contributed by atoms with Crippen LogP contribution in [0.25, 0.3) is 22.2 Å². The first-order valence-corrected chi connectivity index (χ1v) is 13.5. The molecule has 4 N–H and O–H groups in total. The highest BCUT2D eigenvalue weighted by atomic mass is 19.1. The third-order valence-corrected chi connectivity index (χ3v) is 7.61. The molecule has 1 atom stereocenters. The summed E-state index contributed by atoms with van der Waals surface area (Å²) in [7, 11) is 1.42. The molecule has 2 saturated carbocycles. The number of carbonyl (C=O) groups excluding carboxylic acids is 2. The number of methoxy groups -OCH3 is 1. The topological polar surface area (TPSA) is 126 Å². The number of ether oxygens (including phenoxy) is 2. The summed E-state index contributed by atoms with van der Waals surface area (Å²) in [6, 6.07) is 4.75. The first kappa shape index (κ1) is 26.9. The zero-order valence-electron chi connectivity index (χ0n) is 22.5. The van der Waals surface area contributed by atoms with E-state index >= 15 is 0 Å². The van der Waals surface area contributed by atoms with Crippen LogP contribution in [0.4, 0.5) is 4.39 Å². The van der Waals surface area contributed by atoms with E-state index in [9.17, 15) is 19.1 Å². The molecule has 2 amide bonds. The Bertz CT molecular complexity index is 1380. The van der Waals surface area contributed by atoms with Gasteiger partial charge in [0.05, 0.1) is 24.8 Å². The van der Waals surface area contributed by atoms with Gasteiger partial charge in [-0.1, -0.05) is 0 Å². The van der Waals surface area contributed by atoms with Gasteiger partial charge in [0, 0.05) is 41.2 Å². The second-order valence-electron chi connectivity index (χ2n) is 10.7. The predicted molar refractivity (Wildman–Crippen MR) is 144 cm³/mol. The highest BCUT2D eigenvalue weighted by Gasteiger charge is 2.28. The summed E-state index contributed by atoms with van der Waals surface area (Å²) in [5, 5.41) is 15.4. The van der Waals surface area contributed by atoms with Crippen molar-refractivity contribution in [2.45, 2.75) is 70.6 Å². The highest BCUT2D eigenvalue weighted by Crippen LogP contribution is 2.40. The third kappa shape index (κ3) is 5.85. The van der Waals surface area contributed by atoms with Crippen LogP contribution in [-0.4, -0.2) is 58.8 Å². The maximum atomic E-state index is 14.6. The normalized spacial score (nSPS) is 19.9. The van der Waals surface area contributed by atoms with Crippen LogP contribution in [-0.2, 0) is 4.79 Å². The number of aromatic amines is 1. The van der Waals surface area contributed by atoms with E-state index in [2.05, 4.69) is 20.6 Å². The number of rotatable bonds is 9. The van der Waals surface area contributed by atoms with Crippen LogP contribution in [0.1, 0.15) is 61.5 Å². The zero-order chi connectivity index (χ0) is 27.7. The number of hydrogen-bond donors (Lipinski definition) is 4. The fourth-order valence-corrected chi connectivity index (χ4v) is 5.18. The van der Waals surface area contributed by atoms with Crippen molar-refractivity contribution in [3.8, 4) is 22.6 Å². The van der Waals surface area contributed by atoms with Gasteiger partial charge in [-0.2, -0.15) is 0 Å². The number of nitrogens with zero attached hydrogens (tertiary/aromatic N) is 1. The van der Waals surface area contributed by atoms with E-state index in [1.807, 2.05) is 13.0 Å². The number of halogens is 1. The second kappa shape index (κ2) is 11.2. The molecule has 2 aromatic heterocycles. The summed E-state index contributed by atoms with van der Waals surface area (Å²) in [6.07, 6.45) is 5.68. The molecule has 0 saturated heterocycles. The summed E-state index contributed by atoms with van der Waals surface area (Å²) in [6.45, 7) is 3.80. The number of aryl methyl sites for hydroxylation is 1. The van der Waals surface area contributed by atoms with Crippen molar-refractivity contribution >= 4 is 22.8 Å². The van der Waals surface area contributed by atoms with Crippen LogP contribution < -0.4 is 20.1 Å².